The van der Waals surface area contributed by atoms with Gasteiger partial charge in [0.05, 0.1) is 37.2 Å². The number of hydrogen-bond acceptors (Lipinski definition) is 9. The molecule has 236 valence electrons. The molecule has 47 heavy (non-hydrogen) atoms. The molecule has 0 amide bonds. The largest absolute Gasteiger partial charge is 0.493 e. The Hall–Kier alpha value is -5.65. The molecule has 0 saturated carbocycles. The van der Waals surface area contributed by atoms with Crippen molar-refractivity contribution >= 4 is 46.4 Å². The minimum Gasteiger partial charge on any atom is -0.493 e. The molecule has 7 rings (SSSR count). The summed E-state index contributed by atoms with van der Waals surface area (Å²) in [6, 6.07) is 21.6. The van der Waals surface area contributed by atoms with Gasteiger partial charge in [0, 0.05) is 52.9 Å². The Labute approximate surface area is 280 Å². The summed E-state index contributed by atoms with van der Waals surface area (Å²) in [7, 11) is 3.05. The van der Waals surface area contributed by atoms with Crippen molar-refractivity contribution in [2.24, 2.45) is 0 Å². The molecule has 0 fully saturated rings. The minimum absolute atomic E-state index is 0. The number of nitrogens with zero attached hydrogens (tertiary/aromatic N) is 7. The summed E-state index contributed by atoms with van der Waals surface area (Å²) in [5, 5.41) is 11.7. The molecule has 0 N–H and O–H groups in total. The van der Waals surface area contributed by atoms with Crippen LogP contribution in [0.4, 0.5) is 0 Å². The lowest BCUT2D eigenvalue weighted by atomic mass is 10.0. The first-order valence-electron chi connectivity index (χ1n) is 14.0. The highest BCUT2D eigenvalue weighted by atomic mass is 35.5. The van der Waals surface area contributed by atoms with Crippen molar-refractivity contribution in [2.75, 3.05) is 14.2 Å². The molecule has 0 aliphatic heterocycles. The number of hydrogen-bond donors (Lipinski definition) is 0. The number of halogens is 2. The molecule has 0 unspecified atom stereocenters. The second-order valence-corrected chi connectivity index (χ2v) is 10.2. The van der Waals surface area contributed by atoms with Gasteiger partial charge in [-0.05, 0) is 60.2 Å². The third kappa shape index (κ3) is 6.01. The van der Waals surface area contributed by atoms with Gasteiger partial charge in [-0.3, -0.25) is 19.6 Å². The van der Waals surface area contributed by atoms with E-state index in [1.165, 1.54) is 23.6 Å². The topological polar surface area (TPSA) is 127 Å². The molecular weight excluding hydrogens is 641 g/mol. The van der Waals surface area contributed by atoms with Crippen LogP contribution in [-0.4, -0.2) is 48.7 Å². The van der Waals surface area contributed by atoms with E-state index in [-0.39, 0.29) is 48.3 Å². The number of pyridine rings is 3. The average Bonchev–Trinajstić information content (AvgIpc) is 3.10. The van der Waals surface area contributed by atoms with E-state index in [1.807, 2.05) is 42.5 Å². The monoisotopic (exact) mass is 667 g/mol. The SMILES string of the molecule is COc1cc2c(-c3ccnc(-n4nc(-c5cccnc5)c5ccccc5c4=O)c3)nn(Cc3ccncc3)c(=O)c2cc1OC.Cl.Cl. The summed E-state index contributed by atoms with van der Waals surface area (Å²) >= 11 is 0. The van der Waals surface area contributed by atoms with Crippen LogP contribution in [0.3, 0.4) is 0 Å². The van der Waals surface area contributed by atoms with E-state index in [4.69, 9.17) is 19.7 Å². The van der Waals surface area contributed by atoms with Crippen LogP contribution in [0.1, 0.15) is 5.56 Å². The molecular formula is C34H27Cl2N7O4. The van der Waals surface area contributed by atoms with Crippen LogP contribution >= 0.6 is 24.8 Å². The smallest absolute Gasteiger partial charge is 0.280 e. The Bertz CT molecular complexity index is 2330. The molecule has 5 aromatic heterocycles. The van der Waals surface area contributed by atoms with E-state index in [2.05, 4.69) is 15.0 Å². The van der Waals surface area contributed by atoms with Gasteiger partial charge in [0.2, 0.25) is 0 Å². The fourth-order valence-corrected chi connectivity index (χ4v) is 5.33. The first kappa shape index (κ1) is 32.7. The molecule has 0 spiro atoms. The number of ether oxygens (including phenoxy) is 2. The zero-order valence-electron chi connectivity index (χ0n) is 25.1. The van der Waals surface area contributed by atoms with Crippen molar-refractivity contribution in [1.82, 2.24) is 34.5 Å². The third-order valence-electron chi connectivity index (χ3n) is 7.52. The number of methoxy groups -OCH3 is 2. The van der Waals surface area contributed by atoms with Gasteiger partial charge in [0.25, 0.3) is 11.1 Å². The molecule has 5 heterocycles. The zero-order valence-corrected chi connectivity index (χ0v) is 26.7. The molecule has 0 bridgehead atoms. The van der Waals surface area contributed by atoms with E-state index in [9.17, 15) is 9.59 Å². The summed E-state index contributed by atoms with van der Waals surface area (Å²) in [6.45, 7) is 0.219. The van der Waals surface area contributed by atoms with Crippen molar-refractivity contribution in [2.45, 2.75) is 6.54 Å². The number of rotatable bonds is 7. The summed E-state index contributed by atoms with van der Waals surface area (Å²) in [5.74, 6) is 1.15. The van der Waals surface area contributed by atoms with Crippen molar-refractivity contribution in [3.63, 3.8) is 0 Å². The van der Waals surface area contributed by atoms with E-state index in [0.717, 1.165) is 11.1 Å². The highest BCUT2D eigenvalue weighted by Gasteiger charge is 2.19. The van der Waals surface area contributed by atoms with Crippen LogP contribution in [0.2, 0.25) is 0 Å². The van der Waals surface area contributed by atoms with Gasteiger partial charge in [-0.25, -0.2) is 9.67 Å². The summed E-state index contributed by atoms with van der Waals surface area (Å²) < 4.78 is 13.8. The predicted molar refractivity (Wildman–Crippen MR) is 184 cm³/mol. The van der Waals surface area contributed by atoms with E-state index >= 15 is 0 Å². The van der Waals surface area contributed by atoms with Crippen LogP contribution in [0.25, 0.3) is 49.9 Å². The van der Waals surface area contributed by atoms with Gasteiger partial charge >= 0.3 is 0 Å². The van der Waals surface area contributed by atoms with Gasteiger partial charge in [0.15, 0.2) is 17.3 Å². The van der Waals surface area contributed by atoms with Gasteiger partial charge in [0.1, 0.15) is 5.69 Å². The van der Waals surface area contributed by atoms with Crippen molar-refractivity contribution in [3.05, 3.63) is 130 Å². The molecule has 0 aliphatic carbocycles. The van der Waals surface area contributed by atoms with Crippen LogP contribution in [0, 0.1) is 0 Å². The van der Waals surface area contributed by atoms with Gasteiger partial charge in [-0.1, -0.05) is 18.2 Å². The third-order valence-corrected chi connectivity index (χ3v) is 7.52. The second-order valence-electron chi connectivity index (χ2n) is 10.2. The first-order valence-corrected chi connectivity index (χ1v) is 14.0. The Morgan fingerprint density at radius 2 is 1.34 bits per heavy atom. The first-order chi connectivity index (χ1) is 22.1. The van der Waals surface area contributed by atoms with Gasteiger partial charge in [-0.2, -0.15) is 14.9 Å². The zero-order chi connectivity index (χ0) is 30.9. The number of benzene rings is 2. The predicted octanol–water partition coefficient (Wildman–Crippen LogP) is 5.52. The average molecular weight is 669 g/mol. The molecule has 7 aromatic rings. The van der Waals surface area contributed by atoms with Crippen molar-refractivity contribution in [3.8, 4) is 39.8 Å². The Morgan fingerprint density at radius 3 is 2.04 bits per heavy atom. The number of fused-ring (bicyclic) bond motifs is 2. The lowest BCUT2D eigenvalue weighted by Crippen LogP contribution is -2.25. The molecule has 0 saturated heterocycles. The standard InChI is InChI=1S/C34H25N7O4.2ClH/c1-44-28-17-26-27(18-29(28)45-2)33(42)40(20-21-9-13-35-14-10-21)38-31(26)22-11-15-37-30(16-22)41-34(43)25-8-4-3-7-24(25)32(39-41)23-6-5-12-36-19-23;;/h3-19H,20H2,1-2H3;2*1H. The maximum absolute atomic E-state index is 13.8. The summed E-state index contributed by atoms with van der Waals surface area (Å²) in [5.41, 5.74) is 2.70. The molecule has 0 aliphatic rings. The lowest BCUT2D eigenvalue weighted by Gasteiger charge is -2.15. The van der Waals surface area contributed by atoms with Crippen LogP contribution in [0.5, 0.6) is 11.5 Å². The van der Waals surface area contributed by atoms with Crippen LogP contribution < -0.4 is 20.6 Å². The maximum Gasteiger partial charge on any atom is 0.280 e. The molecule has 0 atom stereocenters. The summed E-state index contributed by atoms with van der Waals surface area (Å²) in [6.07, 6.45) is 8.31. The van der Waals surface area contributed by atoms with Crippen molar-refractivity contribution in [1.29, 1.82) is 0 Å². The van der Waals surface area contributed by atoms with Crippen LogP contribution in [0.15, 0.2) is 113 Å². The van der Waals surface area contributed by atoms with Gasteiger partial charge in [-0.15, -0.1) is 24.8 Å². The Morgan fingerprint density at radius 1 is 0.638 bits per heavy atom. The highest BCUT2D eigenvalue weighted by Crippen LogP contribution is 2.35. The second kappa shape index (κ2) is 13.8. The molecule has 11 nitrogen and oxygen atoms in total. The minimum atomic E-state index is -0.324. The summed E-state index contributed by atoms with van der Waals surface area (Å²) in [4.78, 5) is 40.3. The highest BCUT2D eigenvalue weighted by molar-refractivity contribution is 5.96. The molecule has 2 aromatic carbocycles. The van der Waals surface area contributed by atoms with E-state index < -0.39 is 0 Å². The van der Waals surface area contributed by atoms with Crippen LogP contribution in [-0.2, 0) is 6.54 Å². The Kier molecular flexibility index (Phi) is 9.59. The fourth-order valence-electron chi connectivity index (χ4n) is 5.33. The molecule has 0 radical (unpaired) electrons. The van der Waals surface area contributed by atoms with Crippen molar-refractivity contribution < 1.29 is 9.47 Å². The van der Waals surface area contributed by atoms with E-state index in [1.54, 1.807) is 61.3 Å². The molecule has 13 heteroatoms. The maximum atomic E-state index is 13.8. The fraction of sp³-hybridized carbons (Fsp3) is 0.0882. The normalized spacial score (nSPS) is 10.7. The van der Waals surface area contributed by atoms with Gasteiger partial charge < -0.3 is 9.47 Å². The quantitative estimate of drug-likeness (QED) is 0.216. The van der Waals surface area contributed by atoms with E-state index in [0.29, 0.717) is 50.0 Å². The Balaban J connectivity index is 0.00000217. The number of aromatic nitrogens is 7. The lowest BCUT2D eigenvalue weighted by molar-refractivity contribution is 0.356.